The minimum absolute atomic E-state index is 0.0282. The molecule has 0 aliphatic carbocycles. The van der Waals surface area contributed by atoms with E-state index in [0.717, 1.165) is 65.7 Å². The van der Waals surface area contributed by atoms with Gasteiger partial charge in [-0.15, -0.1) is 0 Å². The maximum Gasteiger partial charge on any atom is 0.223 e. The zero-order valence-corrected chi connectivity index (χ0v) is 20.2. The number of benzene rings is 2. The van der Waals surface area contributed by atoms with Gasteiger partial charge >= 0.3 is 0 Å². The number of carbonyl (C=O) groups excluding carboxylic acids is 1. The maximum absolute atomic E-state index is 12.9. The molecule has 8 nitrogen and oxygen atoms in total. The molecule has 2 aromatic carbocycles. The van der Waals surface area contributed by atoms with E-state index >= 15 is 0 Å². The van der Waals surface area contributed by atoms with Gasteiger partial charge in [0, 0.05) is 36.2 Å². The average molecular weight is 481 g/mol. The van der Waals surface area contributed by atoms with Crippen LogP contribution < -0.4 is 15.0 Å². The third-order valence-electron chi connectivity index (χ3n) is 6.47. The maximum atomic E-state index is 12.9. The van der Waals surface area contributed by atoms with Crippen molar-refractivity contribution in [3.63, 3.8) is 0 Å². The van der Waals surface area contributed by atoms with E-state index in [1.54, 1.807) is 19.8 Å². The normalized spacial score (nSPS) is 13.9. The number of rotatable bonds is 7. The van der Waals surface area contributed by atoms with Gasteiger partial charge in [0.1, 0.15) is 24.2 Å². The molecule has 1 saturated heterocycles. The molecule has 182 valence electrons. The first-order valence-electron chi connectivity index (χ1n) is 12.0. The van der Waals surface area contributed by atoms with Crippen LogP contribution in [-0.4, -0.2) is 46.0 Å². The largest absolute Gasteiger partial charge is 0.497 e. The summed E-state index contributed by atoms with van der Waals surface area (Å²) in [7, 11) is 1.65. The molecule has 0 spiro atoms. The summed E-state index contributed by atoms with van der Waals surface area (Å²) in [6.45, 7) is 1.92. The molecule has 8 heteroatoms. The van der Waals surface area contributed by atoms with E-state index in [1.807, 2.05) is 66.7 Å². The molecule has 1 amide bonds. The van der Waals surface area contributed by atoms with Gasteiger partial charge in [0.15, 0.2) is 0 Å². The van der Waals surface area contributed by atoms with Crippen LogP contribution in [-0.2, 0) is 11.3 Å². The third kappa shape index (κ3) is 5.49. The van der Waals surface area contributed by atoms with E-state index in [9.17, 15) is 4.79 Å². The number of carbonyl (C=O) groups is 1. The van der Waals surface area contributed by atoms with E-state index in [4.69, 9.17) is 4.74 Å². The summed E-state index contributed by atoms with van der Waals surface area (Å²) in [4.78, 5) is 32.6. The van der Waals surface area contributed by atoms with Crippen molar-refractivity contribution in [2.75, 3.05) is 25.1 Å². The first-order chi connectivity index (χ1) is 17.7. The van der Waals surface area contributed by atoms with Crippen LogP contribution in [0.5, 0.6) is 5.75 Å². The molecular formula is C28H28N6O2. The molecule has 4 aromatic rings. The van der Waals surface area contributed by atoms with Gasteiger partial charge < -0.3 is 15.0 Å². The number of nitrogens with one attached hydrogen (secondary N) is 1. The van der Waals surface area contributed by atoms with Crippen molar-refractivity contribution in [3.8, 4) is 28.3 Å². The van der Waals surface area contributed by atoms with Crippen LogP contribution >= 0.6 is 0 Å². The third-order valence-corrected chi connectivity index (χ3v) is 6.47. The highest BCUT2D eigenvalue weighted by atomic mass is 16.5. The summed E-state index contributed by atoms with van der Waals surface area (Å²) in [6.07, 6.45) is 4.68. The second kappa shape index (κ2) is 10.9. The lowest BCUT2D eigenvalue weighted by molar-refractivity contribution is -0.125. The van der Waals surface area contributed by atoms with Crippen LogP contribution in [0.25, 0.3) is 22.5 Å². The number of hydrogen-bond acceptors (Lipinski definition) is 7. The Hall–Kier alpha value is -4.33. The monoisotopic (exact) mass is 480 g/mol. The summed E-state index contributed by atoms with van der Waals surface area (Å²) in [6, 6.07) is 21.7. The first kappa shape index (κ1) is 23.4. The highest BCUT2D eigenvalue weighted by Crippen LogP contribution is 2.26. The van der Waals surface area contributed by atoms with Crippen molar-refractivity contribution >= 4 is 11.7 Å². The Morgan fingerprint density at radius 1 is 0.889 bits per heavy atom. The lowest BCUT2D eigenvalue weighted by atomic mass is 9.96. The van der Waals surface area contributed by atoms with Gasteiger partial charge in [0.2, 0.25) is 5.91 Å². The number of hydrogen-bond donors (Lipinski definition) is 1. The highest BCUT2D eigenvalue weighted by molar-refractivity contribution is 5.79. The minimum Gasteiger partial charge on any atom is -0.497 e. The summed E-state index contributed by atoms with van der Waals surface area (Å²) in [5, 5.41) is 3.06. The topological polar surface area (TPSA) is 93.1 Å². The van der Waals surface area contributed by atoms with Crippen molar-refractivity contribution in [1.82, 2.24) is 25.3 Å². The molecule has 1 N–H and O–H groups in total. The molecule has 1 aliphatic heterocycles. The predicted octanol–water partition coefficient (Wildman–Crippen LogP) is 4.14. The summed E-state index contributed by atoms with van der Waals surface area (Å²) >= 11 is 0. The van der Waals surface area contributed by atoms with Crippen molar-refractivity contribution in [2.45, 2.75) is 19.4 Å². The number of aromatic nitrogens is 4. The highest BCUT2D eigenvalue weighted by Gasteiger charge is 2.26. The Bertz CT molecular complexity index is 1310. The second-order valence-electron chi connectivity index (χ2n) is 8.73. The zero-order chi connectivity index (χ0) is 24.7. The van der Waals surface area contributed by atoms with E-state index in [0.29, 0.717) is 6.54 Å². The Morgan fingerprint density at radius 2 is 1.56 bits per heavy atom. The summed E-state index contributed by atoms with van der Waals surface area (Å²) < 4.78 is 5.24. The van der Waals surface area contributed by atoms with Gasteiger partial charge in [-0.2, -0.15) is 0 Å². The van der Waals surface area contributed by atoms with Crippen molar-refractivity contribution in [1.29, 1.82) is 0 Å². The SMILES string of the molecule is COc1ccc(-c2cc(N3CCC(C(=O)NCc4cc(-c5ccccc5)ncn4)CC3)ncn2)cc1. The minimum atomic E-state index is -0.0282. The number of ether oxygens (including phenoxy) is 1. The molecular weight excluding hydrogens is 452 g/mol. The van der Waals surface area contributed by atoms with E-state index in [2.05, 4.69) is 30.2 Å². The molecule has 36 heavy (non-hydrogen) atoms. The second-order valence-corrected chi connectivity index (χ2v) is 8.73. The molecule has 0 bridgehead atoms. The fourth-order valence-corrected chi connectivity index (χ4v) is 4.39. The van der Waals surface area contributed by atoms with Gasteiger partial charge in [-0.25, -0.2) is 19.9 Å². The number of nitrogens with zero attached hydrogens (tertiary/aromatic N) is 5. The lowest BCUT2D eigenvalue weighted by Crippen LogP contribution is -2.40. The smallest absolute Gasteiger partial charge is 0.223 e. The molecule has 1 fully saturated rings. The van der Waals surface area contributed by atoms with Gasteiger partial charge in [-0.05, 0) is 43.2 Å². The Kier molecular flexibility index (Phi) is 7.12. The van der Waals surface area contributed by atoms with Crippen LogP contribution in [0.15, 0.2) is 79.4 Å². The van der Waals surface area contributed by atoms with E-state index < -0.39 is 0 Å². The molecule has 0 radical (unpaired) electrons. The molecule has 0 saturated carbocycles. The van der Waals surface area contributed by atoms with Crippen LogP contribution in [0.3, 0.4) is 0 Å². The van der Waals surface area contributed by atoms with Crippen LogP contribution in [0.2, 0.25) is 0 Å². The summed E-state index contributed by atoms with van der Waals surface area (Å²) in [5.74, 6) is 1.73. The molecule has 0 atom stereocenters. The van der Waals surface area contributed by atoms with E-state index in [-0.39, 0.29) is 11.8 Å². The fraction of sp³-hybridized carbons (Fsp3) is 0.250. The Labute approximate surface area is 210 Å². The Balaban J connectivity index is 1.15. The van der Waals surface area contributed by atoms with Gasteiger partial charge in [-0.3, -0.25) is 4.79 Å². The van der Waals surface area contributed by atoms with Crippen LogP contribution in [0.4, 0.5) is 5.82 Å². The number of anilines is 1. The van der Waals surface area contributed by atoms with Crippen molar-refractivity contribution < 1.29 is 9.53 Å². The quantitative estimate of drug-likeness (QED) is 0.425. The van der Waals surface area contributed by atoms with Crippen LogP contribution in [0.1, 0.15) is 18.5 Å². The molecule has 0 unspecified atom stereocenters. The van der Waals surface area contributed by atoms with Crippen molar-refractivity contribution in [3.05, 3.63) is 85.1 Å². The lowest BCUT2D eigenvalue weighted by Gasteiger charge is -2.32. The van der Waals surface area contributed by atoms with E-state index in [1.165, 1.54) is 0 Å². The fourth-order valence-electron chi connectivity index (χ4n) is 4.39. The molecule has 5 rings (SSSR count). The van der Waals surface area contributed by atoms with Gasteiger partial charge in [0.05, 0.1) is 30.7 Å². The molecule has 3 heterocycles. The Morgan fingerprint density at radius 3 is 2.28 bits per heavy atom. The number of amides is 1. The summed E-state index contributed by atoms with van der Waals surface area (Å²) in [5.41, 5.74) is 4.54. The number of methoxy groups -OCH3 is 1. The molecule has 2 aromatic heterocycles. The van der Waals surface area contributed by atoms with Crippen LogP contribution in [0, 0.1) is 5.92 Å². The number of piperidine rings is 1. The van der Waals surface area contributed by atoms with Gasteiger partial charge in [-0.1, -0.05) is 30.3 Å². The van der Waals surface area contributed by atoms with Crippen molar-refractivity contribution in [2.24, 2.45) is 5.92 Å². The standard InChI is InChI=1S/C28H28N6O2/c1-36-24-9-7-21(8-10-24)26-16-27(33-19-32-26)34-13-11-22(12-14-34)28(35)29-17-23-15-25(31-18-30-23)20-5-3-2-4-6-20/h2-10,15-16,18-19,22H,11-14,17H2,1H3,(H,29,35). The zero-order valence-electron chi connectivity index (χ0n) is 20.2. The molecule has 1 aliphatic rings. The average Bonchev–Trinajstić information content (AvgIpc) is 2.97. The van der Waals surface area contributed by atoms with Gasteiger partial charge in [0.25, 0.3) is 0 Å². The first-order valence-corrected chi connectivity index (χ1v) is 12.0. The predicted molar refractivity (Wildman–Crippen MR) is 138 cm³/mol.